The van der Waals surface area contributed by atoms with Crippen molar-refractivity contribution in [2.75, 3.05) is 31.9 Å². The lowest BCUT2D eigenvalue weighted by Crippen LogP contribution is -2.50. The molecule has 0 atom stereocenters. The van der Waals surface area contributed by atoms with Crippen molar-refractivity contribution in [1.82, 2.24) is 19.5 Å². The van der Waals surface area contributed by atoms with Gasteiger partial charge in [-0.2, -0.15) is 4.31 Å². The molecule has 134 valence electrons. The topological polar surface area (TPSA) is 123 Å². The second-order valence-electron chi connectivity index (χ2n) is 5.96. The number of nitrogens with two attached hydrogens (primary N) is 1. The fourth-order valence-electron chi connectivity index (χ4n) is 2.85. The third-order valence-electron chi connectivity index (χ3n) is 4.19. The minimum atomic E-state index is -3.60. The van der Waals surface area contributed by atoms with Gasteiger partial charge in [0.15, 0.2) is 0 Å². The standard InChI is InChI=1S/C15H19N5O4S/c1-10-3-4-12(11(2)9-10)25(22,23)20-7-5-19(6-8-20)15(21)13-14(16)18-24-17-13/h3-4,9H,5-8H2,1-2H3,(H2,16,18). The molecule has 2 aromatic rings. The Kier molecular flexibility index (Phi) is 4.48. The van der Waals surface area contributed by atoms with E-state index in [0.717, 1.165) is 5.56 Å². The quantitative estimate of drug-likeness (QED) is 0.836. The highest BCUT2D eigenvalue weighted by Crippen LogP contribution is 2.22. The summed E-state index contributed by atoms with van der Waals surface area (Å²) in [5.74, 6) is -0.488. The maximum absolute atomic E-state index is 12.8. The molecule has 0 unspecified atom stereocenters. The Morgan fingerprint density at radius 1 is 1.16 bits per heavy atom. The molecule has 1 aliphatic rings. The number of aryl methyl sites for hydroxylation is 2. The van der Waals surface area contributed by atoms with Crippen LogP contribution in [0.5, 0.6) is 0 Å². The predicted molar refractivity (Wildman–Crippen MR) is 89.3 cm³/mol. The molecular weight excluding hydrogens is 346 g/mol. The lowest BCUT2D eigenvalue weighted by molar-refractivity contribution is 0.0687. The molecule has 1 fully saturated rings. The first-order valence-corrected chi connectivity index (χ1v) is 9.19. The number of hydrogen-bond acceptors (Lipinski definition) is 7. The van der Waals surface area contributed by atoms with Crippen LogP contribution in [0.3, 0.4) is 0 Å². The van der Waals surface area contributed by atoms with Crippen LogP contribution in [0, 0.1) is 13.8 Å². The van der Waals surface area contributed by atoms with E-state index in [4.69, 9.17) is 5.73 Å². The summed E-state index contributed by atoms with van der Waals surface area (Å²) in [6.07, 6.45) is 0. The van der Waals surface area contributed by atoms with Crippen LogP contribution in [0.2, 0.25) is 0 Å². The molecule has 0 saturated carbocycles. The molecule has 0 spiro atoms. The number of carbonyl (C=O) groups is 1. The number of anilines is 1. The van der Waals surface area contributed by atoms with Crippen LogP contribution in [-0.2, 0) is 10.0 Å². The smallest absolute Gasteiger partial charge is 0.280 e. The first-order chi connectivity index (χ1) is 11.8. The number of hydrogen-bond donors (Lipinski definition) is 1. The molecule has 1 aromatic heterocycles. The van der Waals surface area contributed by atoms with Gasteiger partial charge in [-0.3, -0.25) is 4.79 Å². The fraction of sp³-hybridized carbons (Fsp3) is 0.400. The van der Waals surface area contributed by atoms with Gasteiger partial charge in [0.1, 0.15) is 0 Å². The Hall–Kier alpha value is -2.46. The van der Waals surface area contributed by atoms with Crippen LogP contribution >= 0.6 is 0 Å². The highest BCUT2D eigenvalue weighted by Gasteiger charge is 2.32. The maximum Gasteiger partial charge on any atom is 0.280 e. The van der Waals surface area contributed by atoms with Crippen molar-refractivity contribution in [3.8, 4) is 0 Å². The molecule has 2 N–H and O–H groups in total. The Morgan fingerprint density at radius 2 is 1.84 bits per heavy atom. The van der Waals surface area contributed by atoms with E-state index in [1.807, 2.05) is 13.0 Å². The van der Waals surface area contributed by atoms with Crippen LogP contribution in [0.1, 0.15) is 21.6 Å². The summed E-state index contributed by atoms with van der Waals surface area (Å²) < 4.78 is 31.5. The van der Waals surface area contributed by atoms with Crippen LogP contribution in [0.4, 0.5) is 5.82 Å². The van der Waals surface area contributed by atoms with E-state index < -0.39 is 15.9 Å². The van der Waals surface area contributed by atoms with E-state index in [2.05, 4.69) is 14.9 Å². The van der Waals surface area contributed by atoms with Crippen LogP contribution in [0.25, 0.3) is 0 Å². The van der Waals surface area contributed by atoms with Crippen molar-refractivity contribution in [1.29, 1.82) is 0 Å². The van der Waals surface area contributed by atoms with E-state index in [1.54, 1.807) is 19.1 Å². The molecule has 1 aromatic carbocycles. The molecule has 1 aliphatic heterocycles. The van der Waals surface area contributed by atoms with Crippen molar-refractivity contribution in [3.63, 3.8) is 0 Å². The lowest BCUT2D eigenvalue weighted by Gasteiger charge is -2.33. The highest BCUT2D eigenvalue weighted by atomic mass is 32.2. The van der Waals surface area contributed by atoms with Gasteiger partial charge in [0.25, 0.3) is 5.91 Å². The predicted octanol–water partition coefficient (Wildman–Crippen LogP) is 0.415. The van der Waals surface area contributed by atoms with Crippen LogP contribution < -0.4 is 5.73 Å². The van der Waals surface area contributed by atoms with E-state index in [-0.39, 0.29) is 37.7 Å². The average molecular weight is 365 g/mol. The number of carbonyl (C=O) groups excluding carboxylic acids is 1. The number of rotatable bonds is 3. The van der Waals surface area contributed by atoms with Gasteiger partial charge in [-0.15, -0.1) is 0 Å². The van der Waals surface area contributed by atoms with Gasteiger partial charge in [-0.05, 0) is 35.8 Å². The molecule has 9 nitrogen and oxygen atoms in total. The summed E-state index contributed by atoms with van der Waals surface area (Å²) in [4.78, 5) is 14.1. The highest BCUT2D eigenvalue weighted by molar-refractivity contribution is 7.89. The zero-order chi connectivity index (χ0) is 18.2. The minimum Gasteiger partial charge on any atom is -0.379 e. The summed E-state index contributed by atoms with van der Waals surface area (Å²) >= 11 is 0. The van der Waals surface area contributed by atoms with Gasteiger partial charge in [0, 0.05) is 26.2 Å². The zero-order valence-electron chi connectivity index (χ0n) is 14.0. The number of nitrogen functional groups attached to an aromatic ring is 1. The number of benzene rings is 1. The number of piperazine rings is 1. The van der Waals surface area contributed by atoms with E-state index in [0.29, 0.717) is 10.5 Å². The van der Waals surface area contributed by atoms with Gasteiger partial charge >= 0.3 is 0 Å². The van der Waals surface area contributed by atoms with E-state index in [1.165, 1.54) is 9.21 Å². The summed E-state index contributed by atoms with van der Waals surface area (Å²) in [5, 5.41) is 6.87. The largest absolute Gasteiger partial charge is 0.379 e. The Morgan fingerprint density at radius 3 is 2.40 bits per heavy atom. The molecule has 2 heterocycles. The fourth-order valence-corrected chi connectivity index (χ4v) is 4.48. The third-order valence-corrected chi connectivity index (χ3v) is 6.25. The zero-order valence-corrected chi connectivity index (χ0v) is 14.8. The van der Waals surface area contributed by atoms with Gasteiger partial charge in [0.2, 0.25) is 21.5 Å². The normalized spacial score (nSPS) is 16.2. The first kappa shape index (κ1) is 17.4. The van der Waals surface area contributed by atoms with Crippen molar-refractivity contribution in [2.24, 2.45) is 0 Å². The Balaban J connectivity index is 1.73. The molecule has 10 heteroatoms. The second kappa shape index (κ2) is 6.45. The summed E-state index contributed by atoms with van der Waals surface area (Å²) in [7, 11) is -3.60. The van der Waals surface area contributed by atoms with E-state index in [9.17, 15) is 13.2 Å². The molecule has 3 rings (SSSR count). The van der Waals surface area contributed by atoms with Gasteiger partial charge in [-0.1, -0.05) is 17.7 Å². The van der Waals surface area contributed by atoms with Crippen LogP contribution in [0.15, 0.2) is 27.7 Å². The second-order valence-corrected chi connectivity index (χ2v) is 7.87. The molecule has 0 aliphatic carbocycles. The van der Waals surface area contributed by atoms with Crippen molar-refractivity contribution >= 4 is 21.7 Å². The molecule has 0 radical (unpaired) electrons. The molecule has 1 amide bonds. The molecular formula is C15H19N5O4S. The van der Waals surface area contributed by atoms with Crippen molar-refractivity contribution < 1.29 is 17.8 Å². The van der Waals surface area contributed by atoms with Crippen molar-refractivity contribution in [3.05, 3.63) is 35.0 Å². The number of nitrogens with zero attached hydrogens (tertiary/aromatic N) is 4. The third kappa shape index (κ3) is 3.22. The molecule has 1 saturated heterocycles. The number of sulfonamides is 1. The van der Waals surface area contributed by atoms with Crippen LogP contribution in [-0.4, -0.2) is 60.0 Å². The SMILES string of the molecule is Cc1ccc(S(=O)(=O)N2CCN(C(=O)c3nonc3N)CC2)c(C)c1. The maximum atomic E-state index is 12.8. The molecule has 0 bridgehead atoms. The molecule has 25 heavy (non-hydrogen) atoms. The van der Waals surface area contributed by atoms with E-state index >= 15 is 0 Å². The van der Waals surface area contributed by atoms with Crippen molar-refractivity contribution in [2.45, 2.75) is 18.7 Å². The summed E-state index contributed by atoms with van der Waals surface area (Å²) in [5.41, 5.74) is 7.19. The van der Waals surface area contributed by atoms with Gasteiger partial charge in [0.05, 0.1) is 4.90 Å². The number of amides is 1. The lowest BCUT2D eigenvalue weighted by atomic mass is 10.2. The monoisotopic (exact) mass is 365 g/mol. The average Bonchev–Trinajstić information content (AvgIpc) is 3.00. The van der Waals surface area contributed by atoms with Gasteiger partial charge < -0.3 is 10.6 Å². The minimum absolute atomic E-state index is 0.0503. The Bertz CT molecular complexity index is 900. The van der Waals surface area contributed by atoms with Gasteiger partial charge in [-0.25, -0.2) is 13.0 Å². The number of aromatic nitrogens is 2. The summed E-state index contributed by atoms with van der Waals surface area (Å²) in [6, 6.07) is 5.24. The first-order valence-electron chi connectivity index (χ1n) is 7.75. The Labute approximate surface area is 145 Å². The summed E-state index contributed by atoms with van der Waals surface area (Å²) in [6.45, 7) is 4.59.